The van der Waals surface area contributed by atoms with Crippen LogP contribution < -0.4 is 0 Å². The van der Waals surface area contributed by atoms with Crippen molar-refractivity contribution in [3.8, 4) is 0 Å². The maximum atomic E-state index is 12.7. The van der Waals surface area contributed by atoms with Crippen LogP contribution >= 0.6 is 10.2 Å². The van der Waals surface area contributed by atoms with Gasteiger partial charge in [0.1, 0.15) is 4.90 Å². The number of rotatable bonds is 2. The SMILES string of the molecule is O=[N+]([O-])c1ccc(S(F)(F)(F)(F)F)c(F)c1. The average Bonchev–Trinajstić information content (AvgIpc) is 1.98. The molecule has 1 rings (SSSR count). The zero-order valence-electron chi connectivity index (χ0n) is 7.17. The first kappa shape index (κ1) is 12.6. The quantitative estimate of drug-likeness (QED) is 0.453. The summed E-state index contributed by atoms with van der Waals surface area (Å²) in [4.78, 5) is 6.10. The van der Waals surface area contributed by atoms with E-state index < -0.39 is 31.5 Å². The Morgan fingerprint density at radius 3 is 1.94 bits per heavy atom. The predicted octanol–water partition coefficient (Wildman–Crippen LogP) is 4.39. The van der Waals surface area contributed by atoms with E-state index in [1.54, 1.807) is 0 Å². The number of hydrogen-bond acceptors (Lipinski definition) is 2. The molecule has 0 aliphatic heterocycles. The highest BCUT2D eigenvalue weighted by atomic mass is 32.5. The van der Waals surface area contributed by atoms with Gasteiger partial charge in [0.05, 0.1) is 11.0 Å². The molecule has 0 bridgehead atoms. The molecule has 0 fully saturated rings. The van der Waals surface area contributed by atoms with Crippen LogP contribution in [0.2, 0.25) is 0 Å². The molecule has 0 unspecified atom stereocenters. The molecule has 0 heterocycles. The van der Waals surface area contributed by atoms with Crippen LogP contribution in [0.1, 0.15) is 0 Å². The van der Waals surface area contributed by atoms with Gasteiger partial charge in [-0.05, 0) is 6.07 Å². The number of halogens is 6. The lowest BCUT2D eigenvalue weighted by molar-refractivity contribution is -0.385. The van der Waals surface area contributed by atoms with Crippen molar-refractivity contribution in [2.75, 3.05) is 0 Å². The first-order chi connectivity index (χ1) is 6.81. The summed E-state index contributed by atoms with van der Waals surface area (Å²) in [5, 5.41) is 10.1. The third kappa shape index (κ3) is 2.56. The Hall–Kier alpha value is -1.45. The zero-order valence-corrected chi connectivity index (χ0v) is 7.99. The molecular weight excluding hydrogens is 264 g/mol. The number of nitrogens with zero attached hydrogens (tertiary/aromatic N) is 1. The van der Waals surface area contributed by atoms with Crippen molar-refractivity contribution in [3.05, 3.63) is 34.1 Å². The van der Waals surface area contributed by atoms with Gasteiger partial charge in [0.2, 0.25) is 0 Å². The first-order valence-corrected chi connectivity index (χ1v) is 5.44. The van der Waals surface area contributed by atoms with E-state index in [9.17, 15) is 33.9 Å². The molecule has 0 radical (unpaired) electrons. The van der Waals surface area contributed by atoms with Gasteiger partial charge in [0.25, 0.3) is 5.69 Å². The van der Waals surface area contributed by atoms with Crippen molar-refractivity contribution < 1.29 is 28.7 Å². The largest absolute Gasteiger partial charge is 0.313 e. The van der Waals surface area contributed by atoms with Crippen LogP contribution in [-0.2, 0) is 0 Å². The zero-order chi connectivity index (χ0) is 12.8. The Morgan fingerprint density at radius 1 is 1.12 bits per heavy atom. The van der Waals surface area contributed by atoms with Crippen LogP contribution in [-0.4, -0.2) is 4.92 Å². The van der Waals surface area contributed by atoms with E-state index >= 15 is 0 Å². The minimum Gasteiger partial charge on any atom is -0.258 e. The predicted molar refractivity (Wildman–Crippen MR) is 44.5 cm³/mol. The van der Waals surface area contributed by atoms with E-state index in [0.717, 1.165) is 0 Å². The molecular formula is C6H3F6NO2S. The van der Waals surface area contributed by atoms with Crippen molar-refractivity contribution >= 4 is 15.9 Å². The summed E-state index contributed by atoms with van der Waals surface area (Å²) in [5.41, 5.74) is -1.04. The molecule has 1 aromatic carbocycles. The molecule has 0 amide bonds. The molecule has 10 heteroatoms. The van der Waals surface area contributed by atoms with Gasteiger partial charge in [-0.2, -0.15) is 0 Å². The van der Waals surface area contributed by atoms with Crippen LogP contribution in [0.15, 0.2) is 23.1 Å². The molecule has 0 atom stereocenters. The highest BCUT2D eigenvalue weighted by Crippen LogP contribution is 3.02. The fourth-order valence-corrected chi connectivity index (χ4v) is 1.67. The van der Waals surface area contributed by atoms with E-state index in [-0.39, 0.29) is 18.2 Å². The van der Waals surface area contributed by atoms with Gasteiger partial charge in [-0.3, -0.25) is 10.1 Å². The Labute approximate surface area is 84.6 Å². The number of non-ortho nitro benzene ring substituents is 1. The molecule has 3 nitrogen and oxygen atoms in total. The summed E-state index contributed by atoms with van der Waals surface area (Å²) >= 11 is 0. The van der Waals surface area contributed by atoms with Gasteiger partial charge >= 0.3 is 10.2 Å². The van der Waals surface area contributed by atoms with E-state index in [2.05, 4.69) is 0 Å². The summed E-state index contributed by atoms with van der Waals surface area (Å²) in [7, 11) is -10.1. The van der Waals surface area contributed by atoms with Gasteiger partial charge < -0.3 is 0 Å². The third-order valence-electron chi connectivity index (χ3n) is 1.54. The van der Waals surface area contributed by atoms with E-state index in [4.69, 9.17) is 0 Å². The van der Waals surface area contributed by atoms with Crippen LogP contribution in [0.25, 0.3) is 0 Å². The Balaban J connectivity index is 3.48. The van der Waals surface area contributed by atoms with E-state index in [0.29, 0.717) is 0 Å². The van der Waals surface area contributed by atoms with Crippen molar-refractivity contribution in [1.82, 2.24) is 0 Å². The molecule has 1 aromatic rings. The Kier molecular flexibility index (Phi) is 2.06. The van der Waals surface area contributed by atoms with Crippen LogP contribution in [0.5, 0.6) is 0 Å². The van der Waals surface area contributed by atoms with Gasteiger partial charge in [-0.1, -0.05) is 19.4 Å². The molecule has 0 aromatic heterocycles. The van der Waals surface area contributed by atoms with Crippen molar-refractivity contribution in [1.29, 1.82) is 0 Å². The van der Waals surface area contributed by atoms with Gasteiger partial charge in [-0.15, -0.1) is 0 Å². The average molecular weight is 267 g/mol. The van der Waals surface area contributed by atoms with E-state index in [1.807, 2.05) is 0 Å². The lowest BCUT2D eigenvalue weighted by Gasteiger charge is -2.40. The normalized spacial score (nSPS) is 16.4. The summed E-state index contributed by atoms with van der Waals surface area (Å²) in [6.07, 6.45) is 0. The van der Waals surface area contributed by atoms with Crippen molar-refractivity contribution in [2.45, 2.75) is 4.90 Å². The minimum absolute atomic E-state index is 0.163. The summed E-state index contributed by atoms with van der Waals surface area (Å²) in [6, 6.07) is -0.376. The second-order valence-corrected chi connectivity index (χ2v) is 5.22. The molecule has 0 saturated carbocycles. The maximum Gasteiger partial charge on any atom is 0.313 e. The third-order valence-corrected chi connectivity index (χ3v) is 2.70. The Morgan fingerprint density at radius 2 is 1.62 bits per heavy atom. The summed E-state index contributed by atoms with van der Waals surface area (Å²) in [5.74, 6) is -2.37. The van der Waals surface area contributed by atoms with E-state index in [1.165, 1.54) is 0 Å². The monoisotopic (exact) mass is 267 g/mol. The second-order valence-electron chi connectivity index (χ2n) is 2.84. The number of hydrogen-bond donors (Lipinski definition) is 0. The lowest BCUT2D eigenvalue weighted by Crippen LogP contribution is -2.08. The number of nitro benzene ring substituents is 1. The number of benzene rings is 1. The van der Waals surface area contributed by atoms with Crippen molar-refractivity contribution in [3.63, 3.8) is 0 Å². The standard InChI is InChI=1S/C6H3F6NO2S/c7-5-3-4(13(14)15)1-2-6(5)16(8,9,10,11)12/h1-3H. The highest BCUT2D eigenvalue weighted by Gasteiger charge is 2.67. The van der Waals surface area contributed by atoms with Gasteiger partial charge in [-0.25, -0.2) is 4.39 Å². The topological polar surface area (TPSA) is 43.1 Å². The number of nitro groups is 1. The molecule has 0 aliphatic rings. The smallest absolute Gasteiger partial charge is 0.258 e. The molecule has 0 spiro atoms. The van der Waals surface area contributed by atoms with Crippen LogP contribution in [0.3, 0.4) is 0 Å². The molecule has 0 saturated heterocycles. The van der Waals surface area contributed by atoms with Crippen LogP contribution in [0, 0.1) is 15.9 Å². The fourth-order valence-electron chi connectivity index (χ4n) is 0.916. The summed E-state index contributed by atoms with van der Waals surface area (Å²) in [6.45, 7) is 0. The fraction of sp³-hybridized carbons (Fsp3) is 0. The maximum absolute atomic E-state index is 12.7. The van der Waals surface area contributed by atoms with Crippen molar-refractivity contribution in [2.24, 2.45) is 0 Å². The Bertz CT molecular complexity index is 469. The molecule has 92 valence electrons. The van der Waals surface area contributed by atoms with Gasteiger partial charge in [0.15, 0.2) is 5.82 Å². The second kappa shape index (κ2) is 2.62. The molecule has 0 N–H and O–H groups in total. The van der Waals surface area contributed by atoms with Gasteiger partial charge in [0, 0.05) is 6.07 Å². The molecule has 0 aliphatic carbocycles. The lowest BCUT2D eigenvalue weighted by atomic mass is 10.3. The summed E-state index contributed by atoms with van der Waals surface area (Å²) < 4.78 is 73.4. The first-order valence-electron chi connectivity index (χ1n) is 3.49. The minimum atomic E-state index is -10.1. The van der Waals surface area contributed by atoms with Crippen LogP contribution in [0.4, 0.5) is 29.5 Å². The molecule has 16 heavy (non-hydrogen) atoms. The highest BCUT2D eigenvalue weighted by molar-refractivity contribution is 8.45.